The summed E-state index contributed by atoms with van der Waals surface area (Å²) in [6.07, 6.45) is 0. The largest absolute Gasteiger partial charge is 0.508 e. The number of hydrogen-bond acceptors (Lipinski definition) is 11. The van der Waals surface area contributed by atoms with Crippen LogP contribution < -0.4 is 10.9 Å². The van der Waals surface area contributed by atoms with E-state index in [1.54, 1.807) is 68.4 Å². The Morgan fingerprint density at radius 1 is 0.737 bits per heavy atom. The van der Waals surface area contributed by atoms with Crippen LogP contribution in [0.15, 0.2) is 66.7 Å². The predicted molar refractivity (Wildman–Crippen MR) is 137 cm³/mol. The van der Waals surface area contributed by atoms with Crippen LogP contribution in [0.4, 0.5) is 0 Å². The van der Waals surface area contributed by atoms with Crippen molar-refractivity contribution in [1.82, 2.24) is 40.6 Å². The highest BCUT2D eigenvalue weighted by molar-refractivity contribution is 5.62. The number of aryl methyl sites for hydroxylation is 2. The number of phenols is 3. The smallest absolute Gasteiger partial charge is 0.171 e. The quantitative estimate of drug-likeness (QED) is 0.181. The lowest BCUT2D eigenvalue weighted by atomic mass is 9.67. The SMILES string of the molecule is Cc1nnnn1NCc1cccc(O)c1C(CNn1nnnc1C)(c1ccc(O)cc1)c1ccccc1O. The van der Waals surface area contributed by atoms with E-state index in [1.807, 2.05) is 12.1 Å². The van der Waals surface area contributed by atoms with Crippen LogP contribution in [0.5, 0.6) is 17.2 Å². The summed E-state index contributed by atoms with van der Waals surface area (Å²) in [6, 6.07) is 18.8. The number of aromatic nitrogens is 8. The van der Waals surface area contributed by atoms with Crippen molar-refractivity contribution in [3.8, 4) is 17.2 Å². The summed E-state index contributed by atoms with van der Waals surface area (Å²) in [5.74, 6) is 1.19. The number of nitrogens with one attached hydrogen (secondary N) is 2. The van der Waals surface area contributed by atoms with Gasteiger partial charge in [0.25, 0.3) is 0 Å². The second-order valence-electron chi connectivity index (χ2n) is 8.73. The van der Waals surface area contributed by atoms with Gasteiger partial charge in [-0.15, -0.1) is 19.8 Å². The molecule has 0 aliphatic heterocycles. The Morgan fingerprint density at radius 2 is 1.37 bits per heavy atom. The van der Waals surface area contributed by atoms with Crippen LogP contribution in [0.1, 0.15) is 33.9 Å². The predicted octanol–water partition coefficient (Wildman–Crippen LogP) is 1.72. The van der Waals surface area contributed by atoms with Crippen molar-refractivity contribution in [2.45, 2.75) is 25.8 Å². The molecule has 194 valence electrons. The minimum atomic E-state index is -1.19. The molecule has 0 spiro atoms. The minimum absolute atomic E-state index is 0.00398. The van der Waals surface area contributed by atoms with Gasteiger partial charge in [0.2, 0.25) is 0 Å². The highest BCUT2D eigenvalue weighted by Gasteiger charge is 2.42. The first-order valence-electron chi connectivity index (χ1n) is 11.8. The molecule has 13 nitrogen and oxygen atoms in total. The molecule has 13 heteroatoms. The van der Waals surface area contributed by atoms with Crippen LogP contribution in [0.25, 0.3) is 0 Å². The first kappa shape index (κ1) is 24.5. The van der Waals surface area contributed by atoms with Gasteiger partial charge in [0.05, 0.1) is 18.5 Å². The van der Waals surface area contributed by atoms with Gasteiger partial charge in [-0.25, -0.2) is 0 Å². The molecular formula is C25H26N10O3. The molecule has 38 heavy (non-hydrogen) atoms. The maximum Gasteiger partial charge on any atom is 0.171 e. The van der Waals surface area contributed by atoms with Crippen LogP contribution in [-0.2, 0) is 12.0 Å². The first-order chi connectivity index (χ1) is 18.4. The fourth-order valence-corrected chi connectivity index (χ4v) is 4.64. The molecule has 2 aromatic heterocycles. The molecule has 2 heterocycles. The van der Waals surface area contributed by atoms with Crippen LogP contribution in [0.3, 0.4) is 0 Å². The van der Waals surface area contributed by atoms with Gasteiger partial charge < -0.3 is 26.2 Å². The average molecular weight is 515 g/mol. The number of para-hydroxylation sites is 1. The number of hydrogen-bond donors (Lipinski definition) is 5. The summed E-state index contributed by atoms with van der Waals surface area (Å²) in [6.45, 7) is 3.87. The summed E-state index contributed by atoms with van der Waals surface area (Å²) in [4.78, 5) is 2.87. The highest BCUT2D eigenvalue weighted by Crippen LogP contribution is 2.47. The molecule has 0 fully saturated rings. The third-order valence-corrected chi connectivity index (χ3v) is 6.44. The minimum Gasteiger partial charge on any atom is -0.508 e. The van der Waals surface area contributed by atoms with Crippen molar-refractivity contribution >= 4 is 0 Å². The van der Waals surface area contributed by atoms with Gasteiger partial charge in [0.1, 0.15) is 17.2 Å². The molecule has 0 saturated heterocycles. The summed E-state index contributed by atoms with van der Waals surface area (Å²) in [5.41, 5.74) is 7.66. The maximum absolute atomic E-state index is 11.4. The van der Waals surface area contributed by atoms with E-state index in [1.165, 1.54) is 9.58 Å². The van der Waals surface area contributed by atoms with Crippen molar-refractivity contribution < 1.29 is 15.3 Å². The van der Waals surface area contributed by atoms with Gasteiger partial charge in [-0.3, -0.25) is 0 Å². The number of phenolic OH excluding ortho intramolecular Hbond substituents is 3. The van der Waals surface area contributed by atoms with Gasteiger partial charge in [0, 0.05) is 11.1 Å². The van der Waals surface area contributed by atoms with E-state index in [4.69, 9.17) is 0 Å². The lowest BCUT2D eigenvalue weighted by Crippen LogP contribution is -2.41. The topological polar surface area (TPSA) is 172 Å². The Balaban J connectivity index is 1.75. The van der Waals surface area contributed by atoms with Crippen molar-refractivity contribution in [2.75, 3.05) is 17.4 Å². The fourth-order valence-electron chi connectivity index (χ4n) is 4.64. The molecule has 0 aliphatic rings. The molecule has 5 aromatic rings. The van der Waals surface area contributed by atoms with Crippen molar-refractivity contribution in [2.24, 2.45) is 0 Å². The van der Waals surface area contributed by atoms with Gasteiger partial charge in [-0.1, -0.05) is 42.5 Å². The molecule has 5 rings (SSSR count). The fraction of sp³-hybridized carbons (Fsp3) is 0.200. The number of aromatic hydroxyl groups is 3. The van der Waals surface area contributed by atoms with Gasteiger partial charge in [0.15, 0.2) is 11.6 Å². The number of benzene rings is 3. The molecule has 0 bridgehead atoms. The third kappa shape index (κ3) is 4.40. The molecule has 1 unspecified atom stereocenters. The van der Waals surface area contributed by atoms with Crippen LogP contribution >= 0.6 is 0 Å². The van der Waals surface area contributed by atoms with Gasteiger partial charge in [-0.2, -0.15) is 0 Å². The second kappa shape index (κ2) is 10.0. The molecule has 5 N–H and O–H groups in total. The van der Waals surface area contributed by atoms with Crippen LogP contribution in [0, 0.1) is 13.8 Å². The summed E-state index contributed by atoms with van der Waals surface area (Å²) >= 11 is 0. The lowest BCUT2D eigenvalue weighted by molar-refractivity contribution is 0.432. The summed E-state index contributed by atoms with van der Waals surface area (Å²) < 4.78 is 0. The maximum atomic E-state index is 11.4. The van der Waals surface area contributed by atoms with Crippen molar-refractivity contribution in [3.63, 3.8) is 0 Å². The van der Waals surface area contributed by atoms with Crippen LogP contribution in [0.2, 0.25) is 0 Å². The monoisotopic (exact) mass is 514 g/mol. The van der Waals surface area contributed by atoms with E-state index in [-0.39, 0.29) is 30.3 Å². The zero-order valence-electron chi connectivity index (χ0n) is 20.7. The lowest BCUT2D eigenvalue weighted by Gasteiger charge is -2.38. The third-order valence-electron chi connectivity index (χ3n) is 6.44. The van der Waals surface area contributed by atoms with Gasteiger partial charge >= 0.3 is 0 Å². The zero-order valence-corrected chi connectivity index (χ0v) is 20.7. The van der Waals surface area contributed by atoms with E-state index in [0.717, 1.165) is 0 Å². The standard InChI is InChI=1S/C25H26N10O3/c1-16-28-30-32-34(16)26-14-18-6-5-9-23(38)24(18)25(19-10-12-20(36)13-11-19,21-7-3-4-8-22(21)37)15-27-35-17(2)29-31-33-35/h3-13,26-27,36-38H,14-15H2,1-2H3. The Bertz CT molecular complexity index is 1550. The molecule has 1 atom stereocenters. The highest BCUT2D eigenvalue weighted by atomic mass is 16.3. The van der Waals surface area contributed by atoms with E-state index in [0.29, 0.717) is 33.9 Å². The van der Waals surface area contributed by atoms with E-state index in [9.17, 15) is 15.3 Å². The van der Waals surface area contributed by atoms with E-state index in [2.05, 4.69) is 41.9 Å². The Hall–Kier alpha value is -5.20. The first-order valence-corrected chi connectivity index (χ1v) is 11.8. The van der Waals surface area contributed by atoms with Gasteiger partial charge in [-0.05, 0) is 70.1 Å². The normalized spacial score (nSPS) is 12.7. The molecular weight excluding hydrogens is 488 g/mol. The second-order valence-corrected chi connectivity index (χ2v) is 8.73. The molecule has 0 radical (unpaired) electrons. The Morgan fingerprint density at radius 3 is 2.00 bits per heavy atom. The van der Waals surface area contributed by atoms with Crippen molar-refractivity contribution in [3.05, 3.63) is 101 Å². The number of tetrazole rings is 2. The van der Waals surface area contributed by atoms with Crippen molar-refractivity contribution in [1.29, 1.82) is 0 Å². The zero-order chi connectivity index (χ0) is 26.7. The summed E-state index contributed by atoms with van der Waals surface area (Å²) in [7, 11) is 0. The Kier molecular flexibility index (Phi) is 6.47. The van der Waals surface area contributed by atoms with Crippen LogP contribution in [-0.4, -0.2) is 62.5 Å². The Labute approximate surface area is 217 Å². The molecule has 3 aromatic carbocycles. The average Bonchev–Trinajstić information content (AvgIpc) is 3.52. The number of rotatable bonds is 9. The van der Waals surface area contributed by atoms with E-state index < -0.39 is 5.41 Å². The molecule has 0 aliphatic carbocycles. The molecule has 0 saturated carbocycles. The van der Waals surface area contributed by atoms with E-state index >= 15 is 0 Å². The number of nitrogens with zero attached hydrogens (tertiary/aromatic N) is 8. The molecule has 0 amide bonds. The summed E-state index contributed by atoms with van der Waals surface area (Å²) in [5, 5.41) is 55.9.